The minimum absolute atomic E-state index is 0.143. The van der Waals surface area contributed by atoms with Crippen LogP contribution in [0.3, 0.4) is 0 Å². The molecule has 0 saturated carbocycles. The fourth-order valence-electron chi connectivity index (χ4n) is 2.50. The molecule has 1 unspecified atom stereocenters. The summed E-state index contributed by atoms with van der Waals surface area (Å²) < 4.78 is 20.7. The molecular weight excluding hydrogens is 449 g/mol. The normalized spacial score (nSPS) is 11.7. The van der Waals surface area contributed by atoms with Crippen molar-refractivity contribution in [2.75, 3.05) is 33.8 Å². The van der Waals surface area contributed by atoms with Crippen molar-refractivity contribution < 1.29 is 28.5 Å². The topological polar surface area (TPSA) is 108 Å². The molecule has 31 heavy (non-hydrogen) atoms. The van der Waals surface area contributed by atoms with Crippen LogP contribution in [0.4, 0.5) is 11.4 Å². The predicted molar refractivity (Wildman–Crippen MR) is 117 cm³/mol. The number of carbonyl (C=O) groups excluding carboxylic acids is 2. The number of rotatable bonds is 9. The van der Waals surface area contributed by atoms with Gasteiger partial charge in [-0.15, -0.1) is 5.11 Å². The van der Waals surface area contributed by atoms with E-state index in [1.54, 1.807) is 6.07 Å². The number of hydrogen-bond acceptors (Lipinski definition) is 8. The van der Waals surface area contributed by atoms with Crippen molar-refractivity contribution >= 4 is 46.3 Å². The Hall–Kier alpha value is -3.04. The maximum Gasteiger partial charge on any atom is 0.258 e. The molecule has 9 nitrogen and oxygen atoms in total. The van der Waals surface area contributed by atoms with Crippen molar-refractivity contribution in [3.05, 3.63) is 34.3 Å². The lowest BCUT2D eigenvalue weighted by atomic mass is 10.2. The Morgan fingerprint density at radius 1 is 0.871 bits per heavy atom. The summed E-state index contributed by atoms with van der Waals surface area (Å²) >= 11 is 12.4. The highest BCUT2D eigenvalue weighted by Crippen LogP contribution is 2.40. The third-order valence-corrected chi connectivity index (χ3v) is 4.68. The van der Waals surface area contributed by atoms with Gasteiger partial charge in [0.05, 0.1) is 38.5 Å². The molecule has 2 rings (SSSR count). The molecule has 166 valence electrons. The van der Waals surface area contributed by atoms with Crippen molar-refractivity contribution in [1.82, 2.24) is 0 Å². The summed E-state index contributed by atoms with van der Waals surface area (Å²) in [7, 11) is 5.76. The number of azo groups is 1. The zero-order valence-corrected chi connectivity index (χ0v) is 19.0. The lowest BCUT2D eigenvalue weighted by Crippen LogP contribution is -2.32. The van der Waals surface area contributed by atoms with E-state index in [0.29, 0.717) is 11.5 Å². The van der Waals surface area contributed by atoms with Gasteiger partial charge >= 0.3 is 0 Å². The highest BCUT2D eigenvalue weighted by molar-refractivity contribution is 6.34. The molecule has 0 fully saturated rings. The van der Waals surface area contributed by atoms with Gasteiger partial charge in [-0.1, -0.05) is 23.2 Å². The Morgan fingerprint density at radius 2 is 1.42 bits per heavy atom. The first-order chi connectivity index (χ1) is 14.7. The summed E-state index contributed by atoms with van der Waals surface area (Å²) in [5.74, 6) is 0.0814. The summed E-state index contributed by atoms with van der Waals surface area (Å²) in [6.45, 7) is 1.21. The number of methoxy groups -OCH3 is 4. The van der Waals surface area contributed by atoms with Crippen LogP contribution in [0.25, 0.3) is 0 Å². The van der Waals surface area contributed by atoms with Crippen LogP contribution in [0.5, 0.6) is 23.0 Å². The Labute approximate surface area is 189 Å². The molecule has 0 spiro atoms. The number of nitrogens with zero attached hydrogens (tertiary/aromatic N) is 2. The van der Waals surface area contributed by atoms with Crippen LogP contribution in [0.2, 0.25) is 10.0 Å². The van der Waals surface area contributed by atoms with Crippen molar-refractivity contribution in [1.29, 1.82) is 0 Å². The van der Waals surface area contributed by atoms with Crippen molar-refractivity contribution in [2.45, 2.75) is 13.0 Å². The minimum atomic E-state index is -1.47. The molecule has 1 atom stereocenters. The third-order valence-electron chi connectivity index (χ3n) is 4.10. The van der Waals surface area contributed by atoms with E-state index in [0.717, 1.165) is 0 Å². The number of benzene rings is 2. The van der Waals surface area contributed by atoms with E-state index in [4.69, 9.17) is 42.1 Å². The highest BCUT2D eigenvalue weighted by Gasteiger charge is 2.26. The zero-order chi connectivity index (χ0) is 23.1. The van der Waals surface area contributed by atoms with E-state index in [1.165, 1.54) is 53.6 Å². The number of ether oxygens (including phenoxy) is 4. The molecule has 0 aliphatic rings. The molecule has 0 saturated heterocycles. The predicted octanol–water partition coefficient (Wildman–Crippen LogP) is 4.71. The van der Waals surface area contributed by atoms with E-state index in [9.17, 15) is 9.59 Å². The molecule has 0 aromatic heterocycles. The van der Waals surface area contributed by atoms with Gasteiger partial charge in [0, 0.05) is 24.3 Å². The average molecular weight is 470 g/mol. The largest absolute Gasteiger partial charge is 0.497 e. The first kappa shape index (κ1) is 24.2. The Bertz CT molecular complexity index is 1010. The average Bonchev–Trinajstić information content (AvgIpc) is 2.75. The van der Waals surface area contributed by atoms with Crippen LogP contribution in [-0.4, -0.2) is 46.2 Å². The quantitative estimate of drug-likeness (QED) is 0.420. The molecule has 0 heterocycles. The number of nitrogens with one attached hydrogen (secondary N) is 1. The van der Waals surface area contributed by atoms with Crippen LogP contribution >= 0.6 is 23.2 Å². The van der Waals surface area contributed by atoms with Gasteiger partial charge in [-0.2, -0.15) is 5.11 Å². The van der Waals surface area contributed by atoms with E-state index in [1.807, 2.05) is 0 Å². The fraction of sp³-hybridized carbons (Fsp3) is 0.300. The number of ketones is 1. The lowest BCUT2D eigenvalue weighted by Gasteiger charge is -2.15. The van der Waals surface area contributed by atoms with Crippen LogP contribution < -0.4 is 24.3 Å². The summed E-state index contributed by atoms with van der Waals surface area (Å²) in [6, 6.07) is 4.61. The molecule has 0 bridgehead atoms. The van der Waals surface area contributed by atoms with Gasteiger partial charge in [-0.05, 0) is 6.92 Å². The van der Waals surface area contributed by atoms with E-state index < -0.39 is 17.7 Å². The zero-order valence-electron chi connectivity index (χ0n) is 17.5. The van der Waals surface area contributed by atoms with Gasteiger partial charge in [0.2, 0.25) is 6.04 Å². The second-order valence-corrected chi connectivity index (χ2v) is 6.88. The second kappa shape index (κ2) is 10.8. The standard InChI is InChI=1S/C20H21Cl2N3O6/c1-10(26)17(24-25-19-14(22)7-12(29-3)9-16(19)31-5)20(27)23-18-13(21)6-11(28-2)8-15(18)30-4/h6-9,17H,1-5H3,(H,23,27). The van der Waals surface area contributed by atoms with Gasteiger partial charge in [-0.25, -0.2) is 0 Å². The molecule has 1 amide bonds. The monoisotopic (exact) mass is 469 g/mol. The van der Waals surface area contributed by atoms with Crippen molar-refractivity contribution in [3.63, 3.8) is 0 Å². The van der Waals surface area contributed by atoms with Gasteiger partial charge in [0.1, 0.15) is 28.6 Å². The number of amides is 1. The van der Waals surface area contributed by atoms with Gasteiger partial charge in [0.15, 0.2) is 11.5 Å². The number of hydrogen-bond donors (Lipinski definition) is 1. The van der Waals surface area contributed by atoms with Crippen LogP contribution in [0.15, 0.2) is 34.5 Å². The smallest absolute Gasteiger partial charge is 0.258 e. The molecule has 11 heteroatoms. The van der Waals surface area contributed by atoms with E-state index in [-0.39, 0.29) is 32.9 Å². The van der Waals surface area contributed by atoms with E-state index >= 15 is 0 Å². The molecule has 0 aliphatic heterocycles. The molecule has 2 aromatic rings. The SMILES string of the molecule is COc1cc(Cl)c(N=NC(C(C)=O)C(=O)Nc2c(Cl)cc(OC)cc2OC)c(OC)c1. The molecule has 0 radical (unpaired) electrons. The van der Waals surface area contributed by atoms with Crippen molar-refractivity contribution in [3.8, 4) is 23.0 Å². The van der Waals surface area contributed by atoms with Crippen LogP contribution in [0, 0.1) is 0 Å². The summed E-state index contributed by atoms with van der Waals surface area (Å²) in [5.41, 5.74) is 0.306. The first-order valence-electron chi connectivity index (χ1n) is 8.80. The van der Waals surface area contributed by atoms with Gasteiger partial charge in [0.25, 0.3) is 5.91 Å². The summed E-state index contributed by atoms with van der Waals surface area (Å²) in [6.07, 6.45) is 0. The number of Topliss-reactive ketones (excluding diaryl/α,β-unsaturated/α-hetero) is 1. The second-order valence-electron chi connectivity index (χ2n) is 6.06. The number of carbonyl (C=O) groups is 2. The number of halogens is 2. The molecule has 2 aromatic carbocycles. The minimum Gasteiger partial charge on any atom is -0.497 e. The number of anilines is 1. The summed E-state index contributed by atoms with van der Waals surface area (Å²) in [5, 5.41) is 10.7. The van der Waals surface area contributed by atoms with Crippen molar-refractivity contribution in [2.24, 2.45) is 10.2 Å². The molecular formula is C20H21Cl2N3O6. The summed E-state index contributed by atoms with van der Waals surface area (Å²) in [4.78, 5) is 24.9. The maximum atomic E-state index is 12.8. The van der Waals surface area contributed by atoms with Crippen LogP contribution in [-0.2, 0) is 9.59 Å². The first-order valence-corrected chi connectivity index (χ1v) is 9.56. The highest BCUT2D eigenvalue weighted by atomic mass is 35.5. The Kier molecular flexibility index (Phi) is 8.47. The molecule has 1 N–H and O–H groups in total. The van der Waals surface area contributed by atoms with Gasteiger partial charge < -0.3 is 24.3 Å². The Balaban J connectivity index is 2.36. The fourth-order valence-corrected chi connectivity index (χ4v) is 2.99. The third kappa shape index (κ3) is 5.77. The molecule has 0 aliphatic carbocycles. The Morgan fingerprint density at radius 3 is 1.94 bits per heavy atom. The lowest BCUT2D eigenvalue weighted by molar-refractivity contribution is -0.126. The maximum absolute atomic E-state index is 12.8. The van der Waals surface area contributed by atoms with Gasteiger partial charge in [-0.3, -0.25) is 9.59 Å². The van der Waals surface area contributed by atoms with Crippen LogP contribution in [0.1, 0.15) is 6.92 Å². The van der Waals surface area contributed by atoms with E-state index in [2.05, 4.69) is 15.5 Å².